The van der Waals surface area contributed by atoms with Gasteiger partial charge in [-0.1, -0.05) is 225 Å². The second kappa shape index (κ2) is 29.2. The predicted molar refractivity (Wildman–Crippen MR) is 528 cm³/mol. The molecule has 0 N–H and O–H groups in total. The van der Waals surface area contributed by atoms with Crippen molar-refractivity contribution in [2.24, 2.45) is 0 Å². The molecule has 0 aliphatic heterocycles. The lowest BCUT2D eigenvalue weighted by molar-refractivity contribution is 0.669. The second-order valence-electron chi connectivity index (χ2n) is 32.1. The third-order valence-corrected chi connectivity index (χ3v) is 27.6. The molecule has 0 amide bonds. The number of benzene rings is 20. The number of thiophene rings is 2. The molecule has 8 aromatic heterocycles. The number of rotatable bonds is 0. The third-order valence-electron chi connectivity index (χ3n) is 25.3. The average Bonchev–Trinajstić information content (AvgIpc) is 1.32. The minimum atomic E-state index is 0.0242. The summed E-state index contributed by atoms with van der Waals surface area (Å²) in [4.78, 5) is 40.5. The summed E-state index contributed by atoms with van der Waals surface area (Å²) in [5.41, 5.74) is 8.52. The Labute approximate surface area is 751 Å². The summed E-state index contributed by atoms with van der Waals surface area (Å²) in [6, 6.07) is 114. The Morgan fingerprint density at radius 1 is 0.205 bits per heavy atom. The van der Waals surface area contributed by atoms with Crippen LogP contribution < -0.4 is 0 Å². The fourth-order valence-corrected chi connectivity index (χ4v) is 21.8. The molecular formula is C112H48N16O2S2. The summed E-state index contributed by atoms with van der Waals surface area (Å²) in [6.07, 6.45) is 0. The van der Waals surface area contributed by atoms with Crippen LogP contribution in [0.4, 0.5) is 5.82 Å². The molecule has 0 fully saturated rings. The highest BCUT2D eigenvalue weighted by Gasteiger charge is 2.27. The number of nitriles is 7. The highest BCUT2D eigenvalue weighted by Crippen LogP contribution is 2.49. The largest absolute Gasteiger partial charge is 0.456 e. The van der Waals surface area contributed by atoms with Crippen molar-refractivity contribution >= 4 is 286 Å². The zero-order valence-electron chi connectivity index (χ0n) is 68.5. The van der Waals surface area contributed by atoms with Crippen molar-refractivity contribution in [3.05, 3.63) is 342 Å². The SMILES string of the molecule is N#Cc1nc2c3cc4c(cc3c3c5ccccc5ccc3c2nc1C#N)oc1ccccc14.N#Cc1nc2c3cc4oc5ccccc5c4cc3c3c4ccccc4ccc3c2nc1C#N.N#Cc1nc2c3cc4sc5ccccc5c4cc3c3c4ccccc4ccc3c2nc1C#N.[C-]#[N+]c1nc2c3cc4c(cc3c3c5ccccc5ccc3c2nc1C#N)sc1ccccc14. The Balaban J connectivity index is 0.0000000945. The molecule has 0 spiro atoms. The molecule has 600 valence electrons. The molecule has 28 rings (SSSR count). The normalized spacial score (nSPS) is 11.6. The van der Waals surface area contributed by atoms with Crippen LogP contribution in [0.1, 0.15) is 39.9 Å². The van der Waals surface area contributed by atoms with Crippen molar-refractivity contribution in [1.82, 2.24) is 39.9 Å². The van der Waals surface area contributed by atoms with E-state index < -0.39 is 0 Å². The van der Waals surface area contributed by atoms with Gasteiger partial charge >= 0.3 is 5.82 Å². The molecule has 28 aromatic rings. The van der Waals surface area contributed by atoms with Gasteiger partial charge in [0.05, 0.1) is 33.1 Å². The third kappa shape index (κ3) is 11.2. The first kappa shape index (κ1) is 75.4. The maximum atomic E-state index is 9.60. The molecule has 0 bridgehead atoms. The molecule has 0 radical (unpaired) electrons. The Hall–Kier alpha value is -19.2. The van der Waals surface area contributed by atoms with Crippen LogP contribution in [0.3, 0.4) is 0 Å². The van der Waals surface area contributed by atoms with E-state index in [1.807, 2.05) is 146 Å². The lowest BCUT2D eigenvalue weighted by atomic mass is 9.93. The maximum absolute atomic E-state index is 9.60. The van der Waals surface area contributed by atoms with Gasteiger partial charge in [0.2, 0.25) is 0 Å². The molecule has 18 nitrogen and oxygen atoms in total. The van der Waals surface area contributed by atoms with Crippen LogP contribution in [0.15, 0.2) is 300 Å². The lowest BCUT2D eigenvalue weighted by Crippen LogP contribution is -1.97. The summed E-state index contributed by atoms with van der Waals surface area (Å²) in [5, 5.41) is 101. The molecule has 20 heteroatoms. The fourth-order valence-electron chi connectivity index (χ4n) is 19.6. The van der Waals surface area contributed by atoms with Crippen molar-refractivity contribution in [3.63, 3.8) is 0 Å². The Kier molecular flexibility index (Phi) is 16.7. The van der Waals surface area contributed by atoms with Gasteiger partial charge in [0.25, 0.3) is 0 Å². The first-order chi connectivity index (χ1) is 65.1. The standard InChI is InChI=1S/2C28H12N4O.2C28H12N4S/c29-13-22-23(14-30)32-28-21-11-19-17-7-3-4-8-24(17)33-25(19)12-20(21)26-16-6-2-1-5-15(16)9-10-18(26)27(28)31-22;29-13-22-23(14-30)32-28-21-12-25-19(17-7-3-4-8-24(17)33-25)11-20(21)26-16-6-2-1-5-15(16)9-10-18(26)27(28)31-22;1-30-28-22(14-29)31-26-18-11-10-15-6-2-3-7-16(15)25(18)20-13-24-19(12-21(20)27(26)32-28)17-8-4-5-9-23(17)33-24;29-13-22-23(14-30)32-28-21-12-25-19(17-7-3-4-8-24(17)33-25)11-20(21)26-16-6-2-1-5-15(16)9-10-18(26)27(28)31-22/h2*1-12H;2-13H;1-12H. The van der Waals surface area contributed by atoms with Crippen LogP contribution in [0.2, 0.25) is 0 Å². The van der Waals surface area contributed by atoms with Gasteiger partial charge in [-0.2, -0.15) is 36.8 Å². The number of furan rings is 2. The van der Waals surface area contributed by atoms with E-state index in [1.54, 1.807) is 22.7 Å². The number of hydrogen-bond donors (Lipinski definition) is 0. The van der Waals surface area contributed by atoms with Crippen LogP contribution in [-0.2, 0) is 0 Å². The number of para-hydroxylation sites is 2. The molecule has 0 saturated heterocycles. The van der Waals surface area contributed by atoms with Gasteiger partial charge in [0, 0.05) is 105 Å². The summed E-state index contributed by atoms with van der Waals surface area (Å²) in [5.74, 6) is 0.0433. The molecule has 0 atom stereocenters. The van der Waals surface area contributed by atoms with E-state index in [4.69, 9.17) is 15.4 Å². The smallest absolute Gasteiger partial charge is 0.307 e. The van der Waals surface area contributed by atoms with Gasteiger partial charge in [0.1, 0.15) is 70.3 Å². The number of hydrogen-bond acceptors (Lipinski definition) is 19. The predicted octanol–water partition coefficient (Wildman–Crippen LogP) is 28.5. The fraction of sp³-hybridized carbons (Fsp3) is 0. The van der Waals surface area contributed by atoms with Gasteiger partial charge in [0.15, 0.2) is 45.4 Å². The van der Waals surface area contributed by atoms with Crippen LogP contribution in [0.5, 0.6) is 0 Å². The van der Waals surface area contributed by atoms with E-state index in [0.29, 0.717) is 44.1 Å². The number of aromatic nitrogens is 8. The molecule has 0 saturated carbocycles. The molecular weight excluding hydrogens is 1670 g/mol. The Morgan fingerprint density at radius 3 is 0.833 bits per heavy atom. The van der Waals surface area contributed by atoms with Gasteiger partial charge < -0.3 is 13.7 Å². The Morgan fingerprint density at radius 2 is 0.462 bits per heavy atom. The number of nitrogens with zero attached hydrogens (tertiary/aromatic N) is 16. The van der Waals surface area contributed by atoms with E-state index in [1.165, 1.54) is 35.6 Å². The quantitative estimate of drug-likeness (QED) is 0.101. The van der Waals surface area contributed by atoms with Crippen molar-refractivity contribution in [2.45, 2.75) is 0 Å². The van der Waals surface area contributed by atoms with E-state index in [2.05, 4.69) is 233 Å². The van der Waals surface area contributed by atoms with Crippen LogP contribution in [0, 0.1) is 85.9 Å². The van der Waals surface area contributed by atoms with Crippen molar-refractivity contribution < 1.29 is 8.83 Å². The van der Waals surface area contributed by atoms with Gasteiger partial charge in [-0.25, -0.2) is 34.9 Å². The van der Waals surface area contributed by atoms with E-state index in [9.17, 15) is 36.8 Å². The number of fused-ring (bicyclic) bond motifs is 44. The summed E-state index contributed by atoms with van der Waals surface area (Å²) in [6.45, 7) is 7.53. The van der Waals surface area contributed by atoms with E-state index in [0.717, 1.165) is 178 Å². The highest BCUT2D eigenvalue weighted by molar-refractivity contribution is 7.26. The molecule has 0 aliphatic carbocycles. The van der Waals surface area contributed by atoms with Crippen molar-refractivity contribution in [3.8, 4) is 42.5 Å². The minimum Gasteiger partial charge on any atom is -0.456 e. The zero-order chi connectivity index (χ0) is 88.4. The zero-order valence-corrected chi connectivity index (χ0v) is 70.1. The molecule has 8 heterocycles. The van der Waals surface area contributed by atoms with Crippen LogP contribution >= 0.6 is 22.7 Å². The first-order valence-corrected chi connectivity index (χ1v) is 43.5. The molecule has 132 heavy (non-hydrogen) atoms. The van der Waals surface area contributed by atoms with E-state index >= 15 is 0 Å². The lowest BCUT2D eigenvalue weighted by Gasteiger charge is -2.12. The maximum Gasteiger partial charge on any atom is 0.307 e. The van der Waals surface area contributed by atoms with Gasteiger partial charge in [-0.05, 0) is 159 Å². The van der Waals surface area contributed by atoms with Crippen molar-refractivity contribution in [2.75, 3.05) is 0 Å². The van der Waals surface area contributed by atoms with Crippen LogP contribution in [0.25, 0.3) is 262 Å². The first-order valence-electron chi connectivity index (χ1n) is 41.9. The van der Waals surface area contributed by atoms with Gasteiger partial charge in [-0.3, -0.25) is 0 Å². The highest BCUT2D eigenvalue weighted by atomic mass is 32.1. The van der Waals surface area contributed by atoms with Crippen molar-refractivity contribution in [1.29, 1.82) is 36.8 Å². The molecule has 0 unspecified atom stereocenters. The Bertz CT molecular complexity index is 10000. The topological polar surface area (TPSA) is 300 Å². The van der Waals surface area contributed by atoms with E-state index in [-0.39, 0.29) is 45.7 Å². The summed E-state index contributed by atoms with van der Waals surface area (Å²) in [7, 11) is 0. The molecule has 0 aliphatic rings. The molecule has 20 aromatic carbocycles. The minimum absolute atomic E-state index is 0.0242. The summed E-state index contributed by atoms with van der Waals surface area (Å²) < 4.78 is 17.2. The monoisotopic (exact) mass is 1710 g/mol. The average molecular weight is 1710 g/mol. The summed E-state index contributed by atoms with van der Waals surface area (Å²) >= 11 is 3.53. The van der Waals surface area contributed by atoms with Gasteiger partial charge in [-0.15, -0.1) is 27.7 Å². The second-order valence-corrected chi connectivity index (χ2v) is 34.3. The van der Waals surface area contributed by atoms with Crippen LogP contribution in [-0.4, -0.2) is 39.9 Å².